The van der Waals surface area contributed by atoms with Crippen LogP contribution in [0.15, 0.2) is 48.5 Å². The molecular formula is C16H18FNO. The van der Waals surface area contributed by atoms with Crippen LogP contribution in [0.25, 0.3) is 0 Å². The van der Waals surface area contributed by atoms with Crippen molar-refractivity contribution < 1.29 is 9.13 Å². The lowest BCUT2D eigenvalue weighted by Crippen LogP contribution is -2.18. The van der Waals surface area contributed by atoms with Gasteiger partial charge in [-0.15, -0.1) is 0 Å². The summed E-state index contributed by atoms with van der Waals surface area (Å²) in [5.74, 6) is 0.669. The minimum absolute atomic E-state index is 0.158. The predicted molar refractivity (Wildman–Crippen MR) is 74.6 cm³/mol. The molecule has 2 nitrogen and oxygen atoms in total. The number of nitrogens with one attached hydrogen (secondary N) is 1. The SMILES string of the molecule is COc1ccc([C@H](C)NCc2ccccc2F)cc1. The highest BCUT2D eigenvalue weighted by molar-refractivity contribution is 5.29. The van der Waals surface area contributed by atoms with Gasteiger partial charge in [0.05, 0.1) is 7.11 Å². The maximum Gasteiger partial charge on any atom is 0.127 e. The Morgan fingerprint density at radius 2 is 1.79 bits per heavy atom. The Balaban J connectivity index is 1.97. The van der Waals surface area contributed by atoms with Crippen molar-refractivity contribution in [2.75, 3.05) is 7.11 Å². The van der Waals surface area contributed by atoms with Crippen LogP contribution in [0.1, 0.15) is 24.1 Å². The molecule has 0 aliphatic carbocycles. The van der Waals surface area contributed by atoms with Gasteiger partial charge in [0.15, 0.2) is 0 Å². The number of hydrogen-bond donors (Lipinski definition) is 1. The standard InChI is InChI=1S/C16H18FNO/c1-12(13-7-9-15(19-2)10-8-13)18-11-14-5-3-4-6-16(14)17/h3-10,12,18H,11H2,1-2H3/t12-/m0/s1. The van der Waals surface area contributed by atoms with Gasteiger partial charge in [0.25, 0.3) is 0 Å². The molecule has 0 heterocycles. The molecule has 1 N–H and O–H groups in total. The summed E-state index contributed by atoms with van der Waals surface area (Å²) in [7, 11) is 1.65. The number of ether oxygens (including phenoxy) is 1. The lowest BCUT2D eigenvalue weighted by molar-refractivity contribution is 0.414. The van der Waals surface area contributed by atoms with Crippen LogP contribution >= 0.6 is 0 Å². The number of benzene rings is 2. The zero-order valence-corrected chi connectivity index (χ0v) is 11.2. The number of hydrogen-bond acceptors (Lipinski definition) is 2. The van der Waals surface area contributed by atoms with Crippen molar-refractivity contribution >= 4 is 0 Å². The number of rotatable bonds is 5. The largest absolute Gasteiger partial charge is 0.497 e. The Bertz CT molecular complexity index is 525. The normalized spacial score (nSPS) is 12.2. The quantitative estimate of drug-likeness (QED) is 0.884. The van der Waals surface area contributed by atoms with E-state index in [1.165, 1.54) is 6.07 Å². The van der Waals surface area contributed by atoms with Gasteiger partial charge in [-0.1, -0.05) is 30.3 Å². The molecule has 0 amide bonds. The van der Waals surface area contributed by atoms with Crippen LogP contribution in [0, 0.1) is 5.82 Å². The monoisotopic (exact) mass is 259 g/mol. The minimum Gasteiger partial charge on any atom is -0.497 e. The third-order valence-electron chi connectivity index (χ3n) is 3.17. The average Bonchev–Trinajstić information content (AvgIpc) is 2.46. The second-order valence-electron chi connectivity index (χ2n) is 4.47. The van der Waals surface area contributed by atoms with Crippen molar-refractivity contribution in [3.8, 4) is 5.75 Å². The second kappa shape index (κ2) is 6.34. The van der Waals surface area contributed by atoms with E-state index in [2.05, 4.69) is 12.2 Å². The molecule has 2 aromatic carbocycles. The first-order valence-electron chi connectivity index (χ1n) is 6.31. The highest BCUT2D eigenvalue weighted by Crippen LogP contribution is 2.18. The fraction of sp³-hybridized carbons (Fsp3) is 0.250. The lowest BCUT2D eigenvalue weighted by Gasteiger charge is -2.15. The molecule has 0 fully saturated rings. The molecule has 0 radical (unpaired) electrons. The van der Waals surface area contributed by atoms with E-state index in [9.17, 15) is 4.39 Å². The molecule has 3 heteroatoms. The summed E-state index contributed by atoms with van der Waals surface area (Å²) in [6.45, 7) is 2.57. The molecular weight excluding hydrogens is 241 g/mol. The molecule has 0 unspecified atom stereocenters. The molecule has 0 aliphatic rings. The van der Waals surface area contributed by atoms with Crippen molar-refractivity contribution in [3.63, 3.8) is 0 Å². The highest BCUT2D eigenvalue weighted by Gasteiger charge is 2.06. The van der Waals surface area contributed by atoms with Crippen molar-refractivity contribution in [3.05, 3.63) is 65.5 Å². The zero-order chi connectivity index (χ0) is 13.7. The summed E-state index contributed by atoms with van der Waals surface area (Å²) in [5, 5.41) is 3.31. The van der Waals surface area contributed by atoms with Crippen LogP contribution in [0.4, 0.5) is 4.39 Å². The van der Waals surface area contributed by atoms with Gasteiger partial charge in [-0.3, -0.25) is 0 Å². The molecule has 0 bridgehead atoms. The Labute approximate surface area is 113 Å². The van der Waals surface area contributed by atoms with Gasteiger partial charge in [0, 0.05) is 18.2 Å². The summed E-state index contributed by atoms with van der Waals surface area (Å²) >= 11 is 0. The highest BCUT2D eigenvalue weighted by atomic mass is 19.1. The van der Waals surface area contributed by atoms with Gasteiger partial charge in [-0.25, -0.2) is 4.39 Å². The summed E-state index contributed by atoms with van der Waals surface area (Å²) in [6.07, 6.45) is 0. The van der Waals surface area contributed by atoms with E-state index in [1.807, 2.05) is 30.3 Å². The summed E-state index contributed by atoms with van der Waals surface area (Å²) in [4.78, 5) is 0. The summed E-state index contributed by atoms with van der Waals surface area (Å²) in [5.41, 5.74) is 1.83. The van der Waals surface area contributed by atoms with Gasteiger partial charge < -0.3 is 10.1 Å². The van der Waals surface area contributed by atoms with E-state index in [1.54, 1.807) is 19.2 Å². The van der Waals surface area contributed by atoms with Crippen LogP contribution in [-0.2, 0) is 6.54 Å². The first kappa shape index (κ1) is 13.6. The first-order valence-corrected chi connectivity index (χ1v) is 6.31. The molecule has 0 saturated heterocycles. The van der Waals surface area contributed by atoms with E-state index >= 15 is 0 Å². The third kappa shape index (κ3) is 3.55. The predicted octanol–water partition coefficient (Wildman–Crippen LogP) is 3.69. The molecule has 100 valence electrons. The molecule has 0 aromatic heterocycles. The van der Waals surface area contributed by atoms with Crippen LogP contribution in [0.2, 0.25) is 0 Å². The van der Waals surface area contributed by atoms with Crippen molar-refractivity contribution in [2.24, 2.45) is 0 Å². The fourth-order valence-electron chi connectivity index (χ4n) is 1.92. The maximum absolute atomic E-state index is 13.5. The second-order valence-corrected chi connectivity index (χ2v) is 4.47. The molecule has 0 saturated carbocycles. The van der Waals surface area contributed by atoms with E-state index in [-0.39, 0.29) is 11.9 Å². The fourth-order valence-corrected chi connectivity index (χ4v) is 1.92. The molecule has 1 atom stereocenters. The summed E-state index contributed by atoms with van der Waals surface area (Å²) < 4.78 is 18.6. The zero-order valence-electron chi connectivity index (χ0n) is 11.2. The number of methoxy groups -OCH3 is 1. The van der Waals surface area contributed by atoms with Crippen molar-refractivity contribution in [1.29, 1.82) is 0 Å². The smallest absolute Gasteiger partial charge is 0.127 e. The minimum atomic E-state index is -0.170. The van der Waals surface area contributed by atoms with Crippen molar-refractivity contribution in [2.45, 2.75) is 19.5 Å². The Kier molecular flexibility index (Phi) is 4.53. The Morgan fingerprint density at radius 3 is 2.42 bits per heavy atom. The number of halogens is 1. The van der Waals surface area contributed by atoms with Gasteiger partial charge in [0.2, 0.25) is 0 Å². The van der Waals surface area contributed by atoms with Crippen molar-refractivity contribution in [1.82, 2.24) is 5.32 Å². The average molecular weight is 259 g/mol. The third-order valence-corrected chi connectivity index (χ3v) is 3.17. The van der Waals surface area contributed by atoms with E-state index < -0.39 is 0 Å². The van der Waals surface area contributed by atoms with E-state index in [4.69, 9.17) is 4.74 Å². The Morgan fingerprint density at radius 1 is 1.11 bits per heavy atom. The van der Waals surface area contributed by atoms with Crippen LogP contribution in [-0.4, -0.2) is 7.11 Å². The van der Waals surface area contributed by atoms with Crippen LogP contribution in [0.5, 0.6) is 5.75 Å². The molecule has 0 aliphatic heterocycles. The van der Waals surface area contributed by atoms with Gasteiger partial charge in [-0.05, 0) is 30.7 Å². The molecule has 0 spiro atoms. The first-order chi connectivity index (χ1) is 9.20. The lowest BCUT2D eigenvalue weighted by atomic mass is 10.1. The van der Waals surface area contributed by atoms with E-state index in [0.29, 0.717) is 12.1 Å². The maximum atomic E-state index is 13.5. The van der Waals surface area contributed by atoms with Crippen LogP contribution in [0.3, 0.4) is 0 Å². The van der Waals surface area contributed by atoms with Gasteiger partial charge in [0.1, 0.15) is 11.6 Å². The van der Waals surface area contributed by atoms with Gasteiger partial charge in [-0.2, -0.15) is 0 Å². The topological polar surface area (TPSA) is 21.3 Å². The van der Waals surface area contributed by atoms with Gasteiger partial charge >= 0.3 is 0 Å². The molecule has 19 heavy (non-hydrogen) atoms. The van der Waals surface area contributed by atoms with Crippen LogP contribution < -0.4 is 10.1 Å². The molecule has 2 rings (SSSR count). The summed E-state index contributed by atoms with van der Waals surface area (Å²) in [6, 6.07) is 14.9. The molecule has 2 aromatic rings. The van der Waals surface area contributed by atoms with E-state index in [0.717, 1.165) is 11.3 Å². The Hall–Kier alpha value is -1.87.